The third-order valence-corrected chi connectivity index (χ3v) is 3.54. The summed E-state index contributed by atoms with van der Waals surface area (Å²) in [5.41, 5.74) is 1.61. The quantitative estimate of drug-likeness (QED) is 0.790. The molecule has 1 aliphatic rings. The molecule has 1 unspecified atom stereocenters. The Balaban J connectivity index is 1.92. The van der Waals surface area contributed by atoms with Gasteiger partial charge in [0, 0.05) is 19.5 Å². The highest BCUT2D eigenvalue weighted by Crippen LogP contribution is 2.22. The molecular formula is C13H22N4. The first kappa shape index (κ1) is 12.3. The average molecular weight is 234 g/mol. The summed E-state index contributed by atoms with van der Waals surface area (Å²) in [5.74, 6) is 1.06. The molecule has 94 valence electrons. The molecule has 1 aromatic rings. The van der Waals surface area contributed by atoms with E-state index in [0.29, 0.717) is 6.04 Å². The van der Waals surface area contributed by atoms with Crippen molar-refractivity contribution >= 4 is 0 Å². The van der Waals surface area contributed by atoms with Crippen molar-refractivity contribution in [3.63, 3.8) is 0 Å². The lowest BCUT2D eigenvalue weighted by Gasteiger charge is -2.20. The van der Waals surface area contributed by atoms with Crippen molar-refractivity contribution in [2.24, 2.45) is 7.05 Å². The summed E-state index contributed by atoms with van der Waals surface area (Å²) in [6.07, 6.45) is 11.4. The van der Waals surface area contributed by atoms with E-state index in [-0.39, 0.29) is 0 Å². The van der Waals surface area contributed by atoms with Crippen molar-refractivity contribution in [2.75, 3.05) is 7.05 Å². The molecule has 0 aromatic carbocycles. The standard InChI is InChI=1S/C13H22N4/c1-14-12(8-11-6-4-3-5-7-11)9-13-15-10-16-17(13)2/h6,10,12,14H,3-5,7-9H2,1-2H3. The monoisotopic (exact) mass is 234 g/mol. The lowest BCUT2D eigenvalue weighted by Crippen LogP contribution is -2.29. The second-order valence-corrected chi connectivity index (χ2v) is 4.80. The molecule has 0 spiro atoms. The molecule has 1 aromatic heterocycles. The highest BCUT2D eigenvalue weighted by Gasteiger charge is 2.14. The minimum atomic E-state index is 0.474. The third-order valence-electron chi connectivity index (χ3n) is 3.54. The van der Waals surface area contributed by atoms with Crippen molar-refractivity contribution in [1.29, 1.82) is 0 Å². The molecule has 1 N–H and O–H groups in total. The van der Waals surface area contributed by atoms with Gasteiger partial charge in [0.25, 0.3) is 0 Å². The summed E-state index contributed by atoms with van der Waals surface area (Å²) < 4.78 is 1.86. The number of nitrogens with one attached hydrogen (secondary N) is 1. The molecule has 17 heavy (non-hydrogen) atoms. The predicted octanol–water partition coefficient (Wildman–Crippen LogP) is 1.84. The SMILES string of the molecule is CNC(CC1=CCCCC1)Cc1ncnn1C. The summed E-state index contributed by atoms with van der Waals surface area (Å²) in [5, 5.41) is 7.51. The fraction of sp³-hybridized carbons (Fsp3) is 0.692. The van der Waals surface area contributed by atoms with Crippen LogP contribution >= 0.6 is 0 Å². The van der Waals surface area contributed by atoms with Crippen molar-refractivity contribution in [2.45, 2.75) is 44.6 Å². The van der Waals surface area contributed by atoms with Crippen LogP contribution in [0.1, 0.15) is 37.9 Å². The van der Waals surface area contributed by atoms with Gasteiger partial charge < -0.3 is 5.32 Å². The zero-order valence-corrected chi connectivity index (χ0v) is 10.8. The Morgan fingerprint density at radius 3 is 2.88 bits per heavy atom. The molecule has 0 fully saturated rings. The van der Waals surface area contributed by atoms with Gasteiger partial charge in [0.1, 0.15) is 12.2 Å². The maximum Gasteiger partial charge on any atom is 0.138 e. The van der Waals surface area contributed by atoms with Gasteiger partial charge in [-0.3, -0.25) is 4.68 Å². The van der Waals surface area contributed by atoms with Gasteiger partial charge in [0.2, 0.25) is 0 Å². The first-order valence-electron chi connectivity index (χ1n) is 6.47. The molecule has 0 saturated carbocycles. The van der Waals surface area contributed by atoms with Crippen LogP contribution in [0.3, 0.4) is 0 Å². The van der Waals surface area contributed by atoms with E-state index in [1.54, 1.807) is 11.9 Å². The first-order chi connectivity index (χ1) is 8.29. The van der Waals surface area contributed by atoms with Crippen molar-refractivity contribution in [1.82, 2.24) is 20.1 Å². The van der Waals surface area contributed by atoms with E-state index in [4.69, 9.17) is 0 Å². The number of nitrogens with zero attached hydrogens (tertiary/aromatic N) is 3. The van der Waals surface area contributed by atoms with Gasteiger partial charge in [-0.2, -0.15) is 5.10 Å². The van der Waals surface area contributed by atoms with Crippen LogP contribution in [0.4, 0.5) is 0 Å². The van der Waals surface area contributed by atoms with Crippen molar-refractivity contribution in [3.8, 4) is 0 Å². The van der Waals surface area contributed by atoms with Crippen LogP contribution in [-0.2, 0) is 13.5 Å². The lowest BCUT2D eigenvalue weighted by molar-refractivity contribution is 0.509. The van der Waals surface area contributed by atoms with E-state index in [2.05, 4.69) is 21.5 Å². The van der Waals surface area contributed by atoms with E-state index in [0.717, 1.165) is 18.7 Å². The third kappa shape index (κ3) is 3.40. The van der Waals surface area contributed by atoms with Gasteiger partial charge in [0.05, 0.1) is 0 Å². The Morgan fingerprint density at radius 1 is 1.41 bits per heavy atom. The van der Waals surface area contributed by atoms with Crippen LogP contribution in [0.2, 0.25) is 0 Å². The number of hydrogen-bond donors (Lipinski definition) is 1. The van der Waals surface area contributed by atoms with Gasteiger partial charge in [-0.15, -0.1) is 0 Å². The van der Waals surface area contributed by atoms with Gasteiger partial charge >= 0.3 is 0 Å². The fourth-order valence-corrected chi connectivity index (χ4v) is 2.41. The molecule has 0 saturated heterocycles. The molecule has 1 heterocycles. The highest BCUT2D eigenvalue weighted by molar-refractivity contribution is 5.08. The van der Waals surface area contributed by atoms with Crippen molar-refractivity contribution < 1.29 is 0 Å². The van der Waals surface area contributed by atoms with E-state index in [9.17, 15) is 0 Å². The lowest BCUT2D eigenvalue weighted by atomic mass is 9.93. The summed E-state index contributed by atoms with van der Waals surface area (Å²) in [6.45, 7) is 0. The first-order valence-corrected chi connectivity index (χ1v) is 6.47. The van der Waals surface area contributed by atoms with Crippen LogP contribution in [0.15, 0.2) is 18.0 Å². The largest absolute Gasteiger partial charge is 0.316 e. The van der Waals surface area contributed by atoms with E-state index in [1.807, 2.05) is 18.8 Å². The molecule has 4 heteroatoms. The topological polar surface area (TPSA) is 42.7 Å². The molecule has 4 nitrogen and oxygen atoms in total. The van der Waals surface area contributed by atoms with Crippen LogP contribution in [-0.4, -0.2) is 27.9 Å². The van der Waals surface area contributed by atoms with E-state index in [1.165, 1.54) is 25.7 Å². The Hall–Kier alpha value is -1.16. The van der Waals surface area contributed by atoms with Gasteiger partial charge in [-0.25, -0.2) is 4.98 Å². The summed E-state index contributed by atoms with van der Waals surface area (Å²) in [4.78, 5) is 4.29. The van der Waals surface area contributed by atoms with Crippen LogP contribution < -0.4 is 5.32 Å². The molecular weight excluding hydrogens is 212 g/mol. The molecule has 0 radical (unpaired) electrons. The van der Waals surface area contributed by atoms with Crippen LogP contribution in [0, 0.1) is 0 Å². The zero-order chi connectivity index (χ0) is 12.1. The van der Waals surface area contributed by atoms with E-state index < -0.39 is 0 Å². The maximum atomic E-state index is 4.29. The van der Waals surface area contributed by atoms with Crippen molar-refractivity contribution in [3.05, 3.63) is 23.8 Å². The molecule has 0 bridgehead atoms. The smallest absolute Gasteiger partial charge is 0.138 e. The Kier molecular flexibility index (Phi) is 4.31. The molecule has 1 atom stereocenters. The maximum absolute atomic E-state index is 4.29. The summed E-state index contributed by atoms with van der Waals surface area (Å²) in [6, 6.07) is 0.474. The number of aryl methyl sites for hydroxylation is 1. The number of rotatable bonds is 5. The minimum absolute atomic E-state index is 0.474. The molecule has 0 amide bonds. The average Bonchev–Trinajstić information content (AvgIpc) is 2.75. The number of aromatic nitrogens is 3. The van der Waals surface area contributed by atoms with Gasteiger partial charge in [-0.05, 0) is 39.2 Å². The molecule has 2 rings (SSSR count). The second kappa shape index (κ2) is 5.96. The van der Waals surface area contributed by atoms with E-state index >= 15 is 0 Å². The molecule has 0 aliphatic heterocycles. The summed E-state index contributed by atoms with van der Waals surface area (Å²) in [7, 11) is 3.99. The second-order valence-electron chi connectivity index (χ2n) is 4.80. The Labute approximate surface area is 103 Å². The van der Waals surface area contributed by atoms with Crippen LogP contribution in [0.5, 0.6) is 0 Å². The Bertz CT molecular complexity index is 381. The number of hydrogen-bond acceptors (Lipinski definition) is 3. The predicted molar refractivity (Wildman–Crippen MR) is 68.7 cm³/mol. The fourth-order valence-electron chi connectivity index (χ4n) is 2.41. The zero-order valence-electron chi connectivity index (χ0n) is 10.8. The normalized spacial score (nSPS) is 17.9. The van der Waals surface area contributed by atoms with Gasteiger partial charge in [-0.1, -0.05) is 11.6 Å². The summed E-state index contributed by atoms with van der Waals surface area (Å²) >= 11 is 0. The molecule has 1 aliphatic carbocycles. The Morgan fingerprint density at radius 2 is 2.29 bits per heavy atom. The number of likely N-dealkylation sites (N-methyl/N-ethyl adjacent to an activating group) is 1. The van der Waals surface area contributed by atoms with Gasteiger partial charge in [0.15, 0.2) is 0 Å². The highest BCUT2D eigenvalue weighted by atomic mass is 15.3. The number of allylic oxidation sites excluding steroid dienone is 1. The minimum Gasteiger partial charge on any atom is -0.316 e. The van der Waals surface area contributed by atoms with Crippen LogP contribution in [0.25, 0.3) is 0 Å².